The predicted octanol–water partition coefficient (Wildman–Crippen LogP) is 5.04. The number of hydrogen-bond donors (Lipinski definition) is 1. The minimum atomic E-state index is 0.333. The van der Waals surface area contributed by atoms with Gasteiger partial charge in [0.25, 0.3) is 0 Å². The third-order valence-electron chi connectivity index (χ3n) is 4.40. The van der Waals surface area contributed by atoms with Gasteiger partial charge in [-0.1, -0.05) is 0 Å². The topological polar surface area (TPSA) is 24.4 Å². The fourth-order valence-corrected chi connectivity index (χ4v) is 5.35. The van der Waals surface area contributed by atoms with Crippen LogP contribution in [-0.2, 0) is 0 Å². The van der Waals surface area contributed by atoms with Crippen LogP contribution in [0.1, 0.15) is 63.9 Å². The molecule has 1 fully saturated rings. The van der Waals surface area contributed by atoms with Crippen molar-refractivity contribution in [3.63, 3.8) is 0 Å². The summed E-state index contributed by atoms with van der Waals surface area (Å²) >= 11 is 0.333. The Balaban J connectivity index is 1.81. The van der Waals surface area contributed by atoms with Crippen molar-refractivity contribution >= 4 is 29.8 Å². The van der Waals surface area contributed by atoms with Crippen molar-refractivity contribution in [2.45, 2.75) is 64.3 Å². The first-order chi connectivity index (χ1) is 10.9. The van der Waals surface area contributed by atoms with Crippen molar-refractivity contribution in [2.75, 3.05) is 5.32 Å². The molecular weight excluding hydrogens is 335 g/mol. The number of anilines is 1. The van der Waals surface area contributed by atoms with Crippen LogP contribution in [0.15, 0.2) is 35.3 Å². The number of fused-ring (bicyclic) bond motifs is 1. The van der Waals surface area contributed by atoms with Crippen LogP contribution in [0.5, 0.6) is 0 Å². The maximum atomic E-state index is 5.06. The van der Waals surface area contributed by atoms with Crippen LogP contribution in [0.2, 0.25) is 0 Å². The van der Waals surface area contributed by atoms with E-state index in [4.69, 9.17) is 4.99 Å². The van der Waals surface area contributed by atoms with Gasteiger partial charge in [-0.25, -0.2) is 0 Å². The summed E-state index contributed by atoms with van der Waals surface area (Å²) in [6, 6.07) is 9.26. The van der Waals surface area contributed by atoms with Crippen LogP contribution >= 0.6 is 0 Å². The molecule has 2 aliphatic rings. The number of aliphatic imine (C=N–C) groups is 1. The Morgan fingerprint density at radius 1 is 1.23 bits per heavy atom. The Labute approximate surface area is 140 Å². The van der Waals surface area contributed by atoms with E-state index in [1.54, 1.807) is 0 Å². The predicted molar refractivity (Wildman–Crippen MR) is 97.6 cm³/mol. The Bertz CT molecular complexity index is 556. The molecule has 3 heteroatoms. The van der Waals surface area contributed by atoms with Crippen LogP contribution in [0.4, 0.5) is 5.69 Å². The number of nitrogens with zero attached hydrogens (tertiary/aromatic N) is 1. The molecule has 3 rings (SSSR count). The Morgan fingerprint density at radius 3 is 2.86 bits per heavy atom. The molecular formula is C19H26N2Se. The van der Waals surface area contributed by atoms with Crippen LogP contribution in [-0.4, -0.2) is 25.7 Å². The van der Waals surface area contributed by atoms with E-state index in [1.807, 2.05) is 0 Å². The molecule has 0 amide bonds. The van der Waals surface area contributed by atoms with Crippen LogP contribution in [0.25, 0.3) is 4.47 Å². The average molecular weight is 361 g/mol. The summed E-state index contributed by atoms with van der Waals surface area (Å²) in [5, 5.41) is 3.60. The van der Waals surface area contributed by atoms with Crippen LogP contribution in [0, 0.1) is 0 Å². The van der Waals surface area contributed by atoms with E-state index in [2.05, 4.69) is 42.6 Å². The van der Waals surface area contributed by atoms with Gasteiger partial charge in [0.2, 0.25) is 0 Å². The van der Waals surface area contributed by atoms with E-state index in [1.165, 1.54) is 71.8 Å². The van der Waals surface area contributed by atoms with Gasteiger partial charge in [-0.3, -0.25) is 0 Å². The first-order valence-corrected chi connectivity index (χ1v) is 10.4. The molecule has 0 unspecified atom stereocenters. The molecule has 1 aliphatic carbocycles. The summed E-state index contributed by atoms with van der Waals surface area (Å²) in [5.41, 5.74) is 2.63. The summed E-state index contributed by atoms with van der Waals surface area (Å²) in [6.07, 6.45) is 12.8. The Hall–Kier alpha value is -1.05. The van der Waals surface area contributed by atoms with E-state index in [-0.39, 0.29) is 0 Å². The van der Waals surface area contributed by atoms with E-state index >= 15 is 0 Å². The summed E-state index contributed by atoms with van der Waals surface area (Å²) < 4.78 is 2.76. The van der Waals surface area contributed by atoms with Gasteiger partial charge in [0.05, 0.1) is 0 Å². The Morgan fingerprint density at radius 2 is 2.05 bits per heavy atom. The molecule has 0 radical (unpaired) electrons. The number of para-hydroxylation sites is 1. The van der Waals surface area contributed by atoms with Crippen LogP contribution in [0.3, 0.4) is 0 Å². The summed E-state index contributed by atoms with van der Waals surface area (Å²) in [7, 11) is 0. The van der Waals surface area contributed by atoms with E-state index < -0.39 is 0 Å². The molecule has 118 valence electrons. The molecule has 0 spiro atoms. The second-order valence-corrected chi connectivity index (χ2v) is 8.37. The molecule has 0 atom stereocenters. The molecule has 1 saturated carbocycles. The quantitative estimate of drug-likeness (QED) is 0.590. The van der Waals surface area contributed by atoms with Gasteiger partial charge in [-0.15, -0.1) is 0 Å². The minimum absolute atomic E-state index is 0.333. The van der Waals surface area contributed by atoms with E-state index in [0.717, 1.165) is 0 Å². The molecule has 1 aromatic rings. The van der Waals surface area contributed by atoms with Crippen molar-refractivity contribution in [3.8, 4) is 0 Å². The van der Waals surface area contributed by atoms with Gasteiger partial charge < -0.3 is 0 Å². The van der Waals surface area contributed by atoms with E-state index in [9.17, 15) is 0 Å². The van der Waals surface area contributed by atoms with Crippen molar-refractivity contribution in [1.29, 1.82) is 0 Å². The number of amidine groups is 1. The molecule has 1 N–H and O–H groups in total. The number of hydrogen-bond acceptors (Lipinski definition) is 1. The second kappa shape index (κ2) is 7.99. The van der Waals surface area contributed by atoms with Crippen LogP contribution < -0.4 is 5.32 Å². The molecule has 0 saturated heterocycles. The zero-order valence-electron chi connectivity index (χ0n) is 13.5. The zero-order valence-corrected chi connectivity index (χ0v) is 15.2. The molecule has 0 aromatic heterocycles. The monoisotopic (exact) mass is 362 g/mol. The van der Waals surface area contributed by atoms with Crippen molar-refractivity contribution in [3.05, 3.63) is 35.9 Å². The zero-order chi connectivity index (χ0) is 15.2. The summed E-state index contributed by atoms with van der Waals surface area (Å²) in [6.45, 7) is 2.26. The third-order valence-corrected chi connectivity index (χ3v) is 6.52. The maximum absolute atomic E-state index is 5.06. The Kier molecular flexibility index (Phi) is 5.75. The molecule has 22 heavy (non-hydrogen) atoms. The van der Waals surface area contributed by atoms with Gasteiger partial charge >= 0.3 is 140 Å². The number of nitrogens with one attached hydrogen (secondary N) is 1. The normalized spacial score (nSPS) is 22.6. The summed E-state index contributed by atoms with van der Waals surface area (Å²) in [5.74, 6) is 0. The van der Waals surface area contributed by atoms with Gasteiger partial charge in [-0.05, 0) is 0 Å². The first-order valence-electron chi connectivity index (χ1n) is 8.69. The number of rotatable bonds is 4. The molecule has 0 bridgehead atoms. The van der Waals surface area contributed by atoms with Gasteiger partial charge in [0, 0.05) is 0 Å². The van der Waals surface area contributed by atoms with Crippen molar-refractivity contribution < 1.29 is 0 Å². The summed E-state index contributed by atoms with van der Waals surface area (Å²) in [4.78, 5) is 5.06. The third kappa shape index (κ3) is 4.02. The SMILES string of the molecule is CCCC/C=C1\[Se]C(=NC2CCCCC2)Nc2ccccc21. The van der Waals surface area contributed by atoms with E-state index in [0.29, 0.717) is 21.0 Å². The standard InChI is InChI=1S/C19H26N2Se/c1-2-3-5-14-18-16-12-8-9-13-17(16)21-19(22-18)20-15-10-6-4-7-11-15/h8-9,12-15H,2-7,10-11H2,1H3,(H,20,21)/b18-14-. The number of allylic oxidation sites excluding steroid dienone is 1. The van der Waals surface area contributed by atoms with Crippen molar-refractivity contribution in [1.82, 2.24) is 0 Å². The second-order valence-electron chi connectivity index (χ2n) is 6.21. The fourth-order valence-electron chi connectivity index (χ4n) is 3.13. The number of unbranched alkanes of at least 4 members (excludes halogenated alkanes) is 2. The average Bonchev–Trinajstić information content (AvgIpc) is 2.56. The molecule has 1 aliphatic heterocycles. The molecule has 1 aromatic carbocycles. The van der Waals surface area contributed by atoms with Crippen molar-refractivity contribution in [2.24, 2.45) is 4.99 Å². The van der Waals surface area contributed by atoms with Gasteiger partial charge in [0.15, 0.2) is 0 Å². The number of benzene rings is 1. The van der Waals surface area contributed by atoms with Gasteiger partial charge in [0.1, 0.15) is 0 Å². The van der Waals surface area contributed by atoms with Gasteiger partial charge in [-0.2, -0.15) is 0 Å². The molecule has 2 nitrogen and oxygen atoms in total. The molecule has 1 heterocycles. The fraction of sp³-hybridized carbons (Fsp3) is 0.526. The first kappa shape index (κ1) is 15.8.